The highest BCUT2D eigenvalue weighted by atomic mass is 16.5. The van der Waals surface area contributed by atoms with Gasteiger partial charge in [-0.05, 0) is 31.7 Å². The molecule has 5 heteroatoms. The summed E-state index contributed by atoms with van der Waals surface area (Å²) in [6, 6.07) is 5.64. The molecule has 0 aliphatic carbocycles. The van der Waals surface area contributed by atoms with Crippen molar-refractivity contribution in [3.63, 3.8) is 0 Å². The third-order valence-electron chi connectivity index (χ3n) is 4.02. The van der Waals surface area contributed by atoms with Crippen LogP contribution in [0.5, 0.6) is 5.75 Å². The van der Waals surface area contributed by atoms with Crippen molar-refractivity contribution in [1.82, 2.24) is 9.80 Å². The fraction of sp³-hybridized carbons (Fsp3) is 0.533. The van der Waals surface area contributed by atoms with Crippen LogP contribution in [-0.4, -0.2) is 55.5 Å². The highest BCUT2D eigenvalue weighted by molar-refractivity contribution is 5.95. The molecular weight excluding hydrogens is 254 g/mol. The maximum absolute atomic E-state index is 12.6. The fourth-order valence-corrected chi connectivity index (χ4v) is 2.60. The monoisotopic (exact) mass is 277 g/mol. The van der Waals surface area contributed by atoms with Gasteiger partial charge in [0.25, 0.3) is 5.91 Å². The van der Waals surface area contributed by atoms with E-state index in [1.807, 2.05) is 4.90 Å². The number of piperazine rings is 1. The van der Waals surface area contributed by atoms with Crippen LogP contribution in [0.25, 0.3) is 0 Å². The molecule has 110 valence electrons. The van der Waals surface area contributed by atoms with Crippen LogP contribution in [0.4, 0.5) is 5.69 Å². The molecule has 1 fully saturated rings. The van der Waals surface area contributed by atoms with Gasteiger partial charge in [-0.15, -0.1) is 0 Å². The van der Waals surface area contributed by atoms with E-state index >= 15 is 0 Å². The van der Waals surface area contributed by atoms with Gasteiger partial charge in [0.05, 0.1) is 12.8 Å². The largest absolute Gasteiger partial charge is 0.495 e. The molecule has 2 N–H and O–H groups in total. The minimum atomic E-state index is 0.0508. The Morgan fingerprint density at radius 3 is 2.85 bits per heavy atom. The molecule has 5 nitrogen and oxygen atoms in total. The van der Waals surface area contributed by atoms with E-state index in [1.54, 1.807) is 25.3 Å². The molecule has 1 atom stereocenters. The number of rotatable bonds is 3. The van der Waals surface area contributed by atoms with Gasteiger partial charge in [0.15, 0.2) is 0 Å². The predicted octanol–water partition coefficient (Wildman–Crippen LogP) is 1.44. The number of anilines is 1. The molecule has 20 heavy (non-hydrogen) atoms. The number of carbonyl (C=O) groups is 1. The average molecular weight is 277 g/mol. The molecule has 1 heterocycles. The maximum Gasteiger partial charge on any atom is 0.254 e. The molecule has 0 aromatic heterocycles. The van der Waals surface area contributed by atoms with Gasteiger partial charge in [-0.3, -0.25) is 9.69 Å². The summed E-state index contributed by atoms with van der Waals surface area (Å²) in [7, 11) is 3.67. The number of likely N-dealkylation sites (N-methyl/N-ethyl adjacent to an activating group) is 1. The standard InChI is InChI=1S/C15H23N3O2/c1-4-12-10-18(8-7-17(12)2)15(19)11-5-6-13(16)14(9-11)20-3/h5-6,9,12H,4,7-8,10,16H2,1-3H3. The van der Waals surface area contributed by atoms with Crippen LogP contribution in [0.3, 0.4) is 0 Å². The van der Waals surface area contributed by atoms with Crippen molar-refractivity contribution in [1.29, 1.82) is 0 Å². The molecule has 2 rings (SSSR count). The molecule has 0 bridgehead atoms. The Morgan fingerprint density at radius 2 is 2.20 bits per heavy atom. The van der Waals surface area contributed by atoms with E-state index in [9.17, 15) is 4.79 Å². The SMILES string of the molecule is CCC1CN(C(=O)c2ccc(N)c(OC)c2)CCN1C. The van der Waals surface area contributed by atoms with E-state index in [0.717, 1.165) is 26.1 Å². The number of amides is 1. The van der Waals surface area contributed by atoms with E-state index in [2.05, 4.69) is 18.9 Å². The third kappa shape index (κ3) is 2.88. The summed E-state index contributed by atoms with van der Waals surface area (Å²) in [4.78, 5) is 16.8. The second-order valence-corrected chi connectivity index (χ2v) is 5.25. The Hall–Kier alpha value is -1.75. The zero-order valence-corrected chi connectivity index (χ0v) is 12.4. The first-order valence-corrected chi connectivity index (χ1v) is 6.99. The predicted molar refractivity (Wildman–Crippen MR) is 80.0 cm³/mol. The molecule has 1 aliphatic rings. The summed E-state index contributed by atoms with van der Waals surface area (Å²) >= 11 is 0. The Labute approximate surface area is 120 Å². The Bertz CT molecular complexity index is 490. The topological polar surface area (TPSA) is 58.8 Å². The van der Waals surface area contributed by atoms with E-state index in [1.165, 1.54) is 0 Å². The summed E-state index contributed by atoms with van der Waals surface area (Å²) in [5.74, 6) is 0.604. The lowest BCUT2D eigenvalue weighted by atomic mass is 10.1. The molecule has 0 radical (unpaired) electrons. The number of methoxy groups -OCH3 is 1. The van der Waals surface area contributed by atoms with Crippen LogP contribution in [-0.2, 0) is 0 Å². The van der Waals surface area contributed by atoms with Gasteiger partial charge in [-0.2, -0.15) is 0 Å². The molecule has 0 saturated carbocycles. The van der Waals surface area contributed by atoms with Crippen molar-refractivity contribution in [2.45, 2.75) is 19.4 Å². The smallest absolute Gasteiger partial charge is 0.254 e. The molecule has 0 spiro atoms. The second-order valence-electron chi connectivity index (χ2n) is 5.25. The number of ether oxygens (including phenoxy) is 1. The summed E-state index contributed by atoms with van der Waals surface area (Å²) in [5.41, 5.74) is 6.97. The van der Waals surface area contributed by atoms with Crippen molar-refractivity contribution in [2.24, 2.45) is 0 Å². The number of carbonyl (C=O) groups excluding carboxylic acids is 1. The quantitative estimate of drug-likeness (QED) is 0.849. The summed E-state index contributed by atoms with van der Waals surface area (Å²) in [5, 5.41) is 0. The van der Waals surface area contributed by atoms with E-state index in [4.69, 9.17) is 10.5 Å². The van der Waals surface area contributed by atoms with Crippen LogP contribution in [0.1, 0.15) is 23.7 Å². The normalized spacial score (nSPS) is 19.9. The van der Waals surface area contributed by atoms with Crippen molar-refractivity contribution in [3.05, 3.63) is 23.8 Å². The zero-order valence-electron chi connectivity index (χ0n) is 12.4. The molecule has 1 aliphatic heterocycles. The number of nitrogen functional groups attached to an aromatic ring is 1. The number of benzene rings is 1. The minimum Gasteiger partial charge on any atom is -0.495 e. The Balaban J connectivity index is 2.15. The van der Waals surface area contributed by atoms with Crippen molar-refractivity contribution >= 4 is 11.6 Å². The molecule has 1 amide bonds. The Morgan fingerprint density at radius 1 is 1.45 bits per heavy atom. The Kier molecular flexibility index (Phi) is 4.49. The molecule has 1 aromatic rings. The first-order chi connectivity index (χ1) is 9.56. The number of nitrogens with two attached hydrogens (primary N) is 1. The van der Waals surface area contributed by atoms with Gasteiger partial charge in [-0.1, -0.05) is 6.92 Å². The highest BCUT2D eigenvalue weighted by Gasteiger charge is 2.26. The van der Waals surface area contributed by atoms with Crippen LogP contribution in [0.15, 0.2) is 18.2 Å². The molecule has 1 aromatic carbocycles. The number of nitrogens with zero attached hydrogens (tertiary/aromatic N) is 2. The van der Waals surface area contributed by atoms with Crippen LogP contribution >= 0.6 is 0 Å². The van der Waals surface area contributed by atoms with E-state index < -0.39 is 0 Å². The van der Waals surface area contributed by atoms with Crippen molar-refractivity contribution in [3.8, 4) is 5.75 Å². The fourth-order valence-electron chi connectivity index (χ4n) is 2.60. The number of hydrogen-bond acceptors (Lipinski definition) is 4. The summed E-state index contributed by atoms with van der Waals surface area (Å²) in [6.45, 7) is 4.61. The lowest BCUT2D eigenvalue weighted by molar-refractivity contribution is 0.0541. The summed E-state index contributed by atoms with van der Waals surface area (Å²) in [6.07, 6.45) is 1.05. The van der Waals surface area contributed by atoms with Gasteiger partial charge in [-0.25, -0.2) is 0 Å². The number of hydrogen-bond donors (Lipinski definition) is 1. The lowest BCUT2D eigenvalue weighted by Gasteiger charge is -2.39. The van der Waals surface area contributed by atoms with Gasteiger partial charge in [0.1, 0.15) is 5.75 Å². The molecular formula is C15H23N3O2. The first kappa shape index (κ1) is 14.7. The van der Waals surface area contributed by atoms with Gasteiger partial charge >= 0.3 is 0 Å². The van der Waals surface area contributed by atoms with Gasteiger partial charge in [0, 0.05) is 31.2 Å². The van der Waals surface area contributed by atoms with Gasteiger partial charge < -0.3 is 15.4 Å². The second kappa shape index (κ2) is 6.13. The van der Waals surface area contributed by atoms with Crippen LogP contribution in [0.2, 0.25) is 0 Å². The third-order valence-corrected chi connectivity index (χ3v) is 4.02. The highest BCUT2D eigenvalue weighted by Crippen LogP contribution is 2.23. The maximum atomic E-state index is 12.6. The van der Waals surface area contributed by atoms with E-state index in [0.29, 0.717) is 23.0 Å². The molecule has 1 unspecified atom stereocenters. The molecule has 1 saturated heterocycles. The zero-order chi connectivity index (χ0) is 14.7. The first-order valence-electron chi connectivity index (χ1n) is 6.99. The van der Waals surface area contributed by atoms with Crippen molar-refractivity contribution < 1.29 is 9.53 Å². The minimum absolute atomic E-state index is 0.0508. The van der Waals surface area contributed by atoms with Crippen LogP contribution < -0.4 is 10.5 Å². The summed E-state index contributed by atoms with van der Waals surface area (Å²) < 4.78 is 5.18. The van der Waals surface area contributed by atoms with Crippen molar-refractivity contribution in [2.75, 3.05) is 39.5 Å². The lowest BCUT2D eigenvalue weighted by Crippen LogP contribution is -2.52. The van der Waals surface area contributed by atoms with Gasteiger partial charge in [0.2, 0.25) is 0 Å². The van der Waals surface area contributed by atoms with Crippen LogP contribution in [0, 0.1) is 0 Å². The van der Waals surface area contributed by atoms with E-state index in [-0.39, 0.29) is 5.91 Å². The average Bonchev–Trinajstić information content (AvgIpc) is 2.47.